The van der Waals surface area contributed by atoms with Crippen molar-refractivity contribution >= 4 is 18.3 Å². The zero-order chi connectivity index (χ0) is 18.0. The maximum absolute atomic E-state index is 12.7. The second kappa shape index (κ2) is 8.09. The Kier molecular flexibility index (Phi) is 6.30. The number of nitrogens with zero attached hydrogens (tertiary/aromatic N) is 2. The molecule has 1 heterocycles. The topological polar surface area (TPSA) is 72.9 Å². The molecular weight excluding hydrogens is 369 g/mol. The molecule has 1 saturated carbocycles. The molecule has 1 amide bonds. The molecule has 1 fully saturated rings. The highest BCUT2D eigenvalue weighted by Gasteiger charge is 2.33. The molecule has 26 heavy (non-hydrogen) atoms. The summed E-state index contributed by atoms with van der Waals surface area (Å²) in [5, 5.41) is 6.48. The molecule has 3 rings (SSSR count). The molecule has 1 aliphatic rings. The molecule has 3 N–H and O–H groups in total. The summed E-state index contributed by atoms with van der Waals surface area (Å²) < 4.78 is 39.1. The van der Waals surface area contributed by atoms with Gasteiger partial charge in [0, 0.05) is 23.8 Å². The molecular formula is C17H20ClF3N4O. The quantitative estimate of drug-likeness (QED) is 0.847. The van der Waals surface area contributed by atoms with Crippen LogP contribution in [0.15, 0.2) is 36.5 Å². The van der Waals surface area contributed by atoms with E-state index in [0.29, 0.717) is 11.3 Å². The van der Waals surface area contributed by atoms with Crippen molar-refractivity contribution < 1.29 is 18.0 Å². The van der Waals surface area contributed by atoms with Crippen LogP contribution in [0.3, 0.4) is 0 Å². The van der Waals surface area contributed by atoms with Crippen LogP contribution >= 0.6 is 12.4 Å². The Hall–Kier alpha value is -2.06. The Morgan fingerprint density at radius 3 is 2.50 bits per heavy atom. The molecule has 0 spiro atoms. The van der Waals surface area contributed by atoms with Gasteiger partial charge in [0.2, 0.25) is 0 Å². The summed E-state index contributed by atoms with van der Waals surface area (Å²) >= 11 is 0. The number of benzene rings is 1. The highest BCUT2D eigenvalue weighted by atomic mass is 35.5. The van der Waals surface area contributed by atoms with E-state index in [-0.39, 0.29) is 30.4 Å². The summed E-state index contributed by atoms with van der Waals surface area (Å²) in [7, 11) is 0. The second-order valence-corrected chi connectivity index (χ2v) is 6.28. The molecule has 1 aromatic carbocycles. The molecule has 142 valence electrons. The lowest BCUT2D eigenvalue weighted by Gasteiger charge is -2.26. The zero-order valence-electron chi connectivity index (χ0n) is 13.9. The van der Waals surface area contributed by atoms with E-state index in [9.17, 15) is 18.0 Å². The first-order valence-corrected chi connectivity index (χ1v) is 8.12. The Labute approximate surface area is 155 Å². The molecule has 1 aliphatic carbocycles. The standard InChI is InChI=1S/C17H19F3N4O.ClH/c18-17(19,20)15-8-9-24(23-15)14-3-1-2-11(10-14)16(25)22-13-6-4-12(21)5-7-13;/h1-3,8-10,12-13H,4-7,21H2,(H,22,25);1H. The third-order valence-electron chi connectivity index (χ3n) is 4.36. The highest BCUT2D eigenvalue weighted by molar-refractivity contribution is 5.94. The molecule has 5 nitrogen and oxygen atoms in total. The van der Waals surface area contributed by atoms with Gasteiger partial charge in [0.15, 0.2) is 5.69 Å². The van der Waals surface area contributed by atoms with Crippen molar-refractivity contribution in [3.8, 4) is 5.69 Å². The number of nitrogens with one attached hydrogen (secondary N) is 1. The van der Waals surface area contributed by atoms with E-state index in [1.165, 1.54) is 12.3 Å². The molecule has 0 radical (unpaired) electrons. The van der Waals surface area contributed by atoms with Crippen molar-refractivity contribution in [2.45, 2.75) is 43.9 Å². The van der Waals surface area contributed by atoms with Gasteiger partial charge in [-0.05, 0) is 49.9 Å². The molecule has 0 saturated heterocycles. The Balaban J connectivity index is 0.00000243. The lowest BCUT2D eigenvalue weighted by molar-refractivity contribution is -0.141. The lowest BCUT2D eigenvalue weighted by Crippen LogP contribution is -2.40. The third-order valence-corrected chi connectivity index (χ3v) is 4.36. The molecule has 0 aliphatic heterocycles. The number of alkyl halides is 3. The number of carbonyl (C=O) groups is 1. The summed E-state index contributed by atoms with van der Waals surface area (Å²) in [6.45, 7) is 0. The maximum atomic E-state index is 12.7. The van der Waals surface area contributed by atoms with Crippen molar-refractivity contribution in [2.75, 3.05) is 0 Å². The van der Waals surface area contributed by atoms with Gasteiger partial charge in [0.1, 0.15) is 0 Å². The fourth-order valence-corrected chi connectivity index (χ4v) is 2.94. The van der Waals surface area contributed by atoms with Gasteiger partial charge in [0.25, 0.3) is 5.91 Å². The normalized spacial score (nSPS) is 20.3. The van der Waals surface area contributed by atoms with Crippen LogP contribution in [-0.2, 0) is 6.18 Å². The lowest BCUT2D eigenvalue weighted by atomic mass is 9.91. The predicted molar refractivity (Wildman–Crippen MR) is 93.5 cm³/mol. The maximum Gasteiger partial charge on any atom is 0.435 e. The van der Waals surface area contributed by atoms with Gasteiger partial charge in [-0.3, -0.25) is 4.79 Å². The van der Waals surface area contributed by atoms with Crippen LogP contribution in [0.5, 0.6) is 0 Å². The number of amides is 1. The van der Waals surface area contributed by atoms with Crippen LogP contribution in [0, 0.1) is 0 Å². The van der Waals surface area contributed by atoms with Gasteiger partial charge in [-0.1, -0.05) is 6.07 Å². The summed E-state index contributed by atoms with van der Waals surface area (Å²) in [6, 6.07) is 7.55. The van der Waals surface area contributed by atoms with Crippen molar-refractivity contribution in [1.82, 2.24) is 15.1 Å². The predicted octanol–water partition coefficient (Wildman–Crippen LogP) is 3.31. The van der Waals surface area contributed by atoms with Gasteiger partial charge in [-0.2, -0.15) is 18.3 Å². The molecule has 2 aromatic rings. The summed E-state index contributed by atoms with van der Waals surface area (Å²) in [5.41, 5.74) is 5.66. The van der Waals surface area contributed by atoms with Crippen LogP contribution in [0.2, 0.25) is 0 Å². The fourth-order valence-electron chi connectivity index (χ4n) is 2.94. The number of hydrogen-bond acceptors (Lipinski definition) is 3. The molecule has 0 unspecified atom stereocenters. The molecule has 1 aromatic heterocycles. The largest absolute Gasteiger partial charge is 0.435 e. The zero-order valence-corrected chi connectivity index (χ0v) is 14.7. The minimum atomic E-state index is -4.50. The second-order valence-electron chi connectivity index (χ2n) is 6.28. The van der Waals surface area contributed by atoms with E-state index < -0.39 is 11.9 Å². The smallest absolute Gasteiger partial charge is 0.349 e. The van der Waals surface area contributed by atoms with Gasteiger partial charge in [-0.25, -0.2) is 4.68 Å². The number of nitrogens with two attached hydrogens (primary N) is 1. The van der Waals surface area contributed by atoms with Crippen molar-refractivity contribution in [2.24, 2.45) is 5.73 Å². The van der Waals surface area contributed by atoms with E-state index >= 15 is 0 Å². The monoisotopic (exact) mass is 388 g/mol. The van der Waals surface area contributed by atoms with E-state index in [1.54, 1.807) is 18.2 Å². The molecule has 0 bridgehead atoms. The number of hydrogen-bond donors (Lipinski definition) is 2. The third kappa shape index (κ3) is 4.76. The molecule has 0 atom stereocenters. The van der Waals surface area contributed by atoms with Crippen molar-refractivity contribution in [3.05, 3.63) is 47.8 Å². The number of halogens is 4. The van der Waals surface area contributed by atoms with Crippen LogP contribution in [0.25, 0.3) is 5.69 Å². The van der Waals surface area contributed by atoms with Crippen molar-refractivity contribution in [1.29, 1.82) is 0 Å². The summed E-state index contributed by atoms with van der Waals surface area (Å²) in [5.74, 6) is -0.245. The SMILES string of the molecule is Cl.NC1CCC(NC(=O)c2cccc(-n3ccc(C(F)(F)F)n3)c2)CC1. The first kappa shape index (κ1) is 20.3. The summed E-state index contributed by atoms with van der Waals surface area (Å²) in [4.78, 5) is 12.4. The van der Waals surface area contributed by atoms with Crippen LogP contribution in [0.4, 0.5) is 13.2 Å². The number of rotatable bonds is 3. The van der Waals surface area contributed by atoms with Crippen molar-refractivity contribution in [3.63, 3.8) is 0 Å². The van der Waals surface area contributed by atoms with E-state index in [2.05, 4.69) is 10.4 Å². The van der Waals surface area contributed by atoms with E-state index in [1.807, 2.05) is 0 Å². The van der Waals surface area contributed by atoms with E-state index in [0.717, 1.165) is 36.4 Å². The van der Waals surface area contributed by atoms with Gasteiger partial charge < -0.3 is 11.1 Å². The van der Waals surface area contributed by atoms with Crippen LogP contribution < -0.4 is 11.1 Å². The van der Waals surface area contributed by atoms with Gasteiger partial charge in [-0.15, -0.1) is 12.4 Å². The van der Waals surface area contributed by atoms with Crippen LogP contribution in [-0.4, -0.2) is 27.8 Å². The average Bonchev–Trinajstić information content (AvgIpc) is 3.07. The van der Waals surface area contributed by atoms with Gasteiger partial charge in [0.05, 0.1) is 5.69 Å². The fraction of sp³-hybridized carbons (Fsp3) is 0.412. The number of aromatic nitrogens is 2. The highest BCUT2D eigenvalue weighted by Crippen LogP contribution is 2.28. The Morgan fingerprint density at radius 2 is 1.88 bits per heavy atom. The van der Waals surface area contributed by atoms with Crippen LogP contribution in [0.1, 0.15) is 41.7 Å². The number of carbonyl (C=O) groups excluding carboxylic acids is 1. The average molecular weight is 389 g/mol. The summed E-state index contributed by atoms with van der Waals surface area (Å²) in [6.07, 6.45) is 0.142. The minimum absolute atomic E-state index is 0. The minimum Gasteiger partial charge on any atom is -0.349 e. The Morgan fingerprint density at radius 1 is 1.19 bits per heavy atom. The Bertz CT molecular complexity index is 754. The van der Waals surface area contributed by atoms with E-state index in [4.69, 9.17) is 5.73 Å². The molecule has 9 heteroatoms. The first-order chi connectivity index (χ1) is 11.8. The first-order valence-electron chi connectivity index (χ1n) is 8.12. The van der Waals surface area contributed by atoms with Gasteiger partial charge >= 0.3 is 6.18 Å².